The van der Waals surface area contributed by atoms with Gasteiger partial charge in [-0.3, -0.25) is 18.7 Å². The van der Waals surface area contributed by atoms with E-state index in [0.717, 1.165) is 20.3 Å². The van der Waals surface area contributed by atoms with E-state index in [1.54, 1.807) is 12.1 Å². The van der Waals surface area contributed by atoms with Crippen LogP contribution in [0, 0.1) is 0 Å². The first-order valence-corrected chi connectivity index (χ1v) is 9.33. The molecule has 0 amide bonds. The van der Waals surface area contributed by atoms with Crippen LogP contribution in [0.4, 0.5) is 11.5 Å². The predicted octanol–water partition coefficient (Wildman–Crippen LogP) is 2.23. The lowest BCUT2D eigenvalue weighted by atomic mass is 10.1. The number of nitrogens with two attached hydrogens (primary N) is 1. The minimum absolute atomic E-state index is 0.120. The second-order valence-corrected chi connectivity index (χ2v) is 7.18. The summed E-state index contributed by atoms with van der Waals surface area (Å²) in [5.74, 6) is -0.609. The van der Waals surface area contributed by atoms with Crippen molar-refractivity contribution in [2.75, 3.05) is 17.6 Å². The average molecular weight is 443 g/mol. The van der Waals surface area contributed by atoms with Crippen LogP contribution in [0.3, 0.4) is 0 Å². The molecule has 0 aliphatic carbocycles. The second-order valence-electron chi connectivity index (χ2n) is 6.26. The molecule has 28 heavy (non-hydrogen) atoms. The number of anilines is 2. The molecule has 3 N–H and O–H groups in total. The Bertz CT molecular complexity index is 1120. The van der Waals surface area contributed by atoms with Gasteiger partial charge in [0, 0.05) is 17.2 Å². The first-order valence-electron chi connectivity index (χ1n) is 8.54. The van der Waals surface area contributed by atoms with Crippen molar-refractivity contribution in [2.45, 2.75) is 6.54 Å². The molecule has 3 rings (SSSR count). The van der Waals surface area contributed by atoms with Crippen molar-refractivity contribution in [2.24, 2.45) is 7.05 Å². The highest BCUT2D eigenvalue weighted by atomic mass is 79.9. The Morgan fingerprint density at radius 2 is 1.71 bits per heavy atom. The number of nitrogens with one attached hydrogen (secondary N) is 1. The van der Waals surface area contributed by atoms with E-state index in [-0.39, 0.29) is 24.5 Å². The molecule has 0 aliphatic heterocycles. The van der Waals surface area contributed by atoms with E-state index in [9.17, 15) is 14.4 Å². The molecule has 0 spiro atoms. The van der Waals surface area contributed by atoms with Crippen molar-refractivity contribution in [1.82, 2.24) is 9.13 Å². The van der Waals surface area contributed by atoms with Crippen LogP contribution < -0.4 is 22.3 Å². The monoisotopic (exact) mass is 442 g/mol. The standard InChI is InChI=1S/C20H19BrN4O3/c1-24-19(27)17(16(26)11-23-15-9-7-14(21)8-10-15)18(22)25(20(24)28)12-13-5-3-2-4-6-13/h2-10,23H,11-12,22H2,1H3. The molecule has 144 valence electrons. The van der Waals surface area contributed by atoms with Crippen molar-refractivity contribution in [3.63, 3.8) is 0 Å². The van der Waals surface area contributed by atoms with Crippen LogP contribution in [-0.2, 0) is 13.6 Å². The van der Waals surface area contributed by atoms with Gasteiger partial charge in [0.15, 0.2) is 5.78 Å². The van der Waals surface area contributed by atoms with Crippen molar-refractivity contribution < 1.29 is 4.79 Å². The van der Waals surface area contributed by atoms with Gasteiger partial charge in [-0.15, -0.1) is 0 Å². The molecule has 8 heteroatoms. The van der Waals surface area contributed by atoms with E-state index in [1.165, 1.54) is 11.6 Å². The van der Waals surface area contributed by atoms with Crippen LogP contribution in [-0.4, -0.2) is 21.5 Å². The lowest BCUT2D eigenvalue weighted by molar-refractivity contribution is 0.100. The number of benzene rings is 2. The molecule has 0 bridgehead atoms. The largest absolute Gasteiger partial charge is 0.384 e. The van der Waals surface area contributed by atoms with Gasteiger partial charge < -0.3 is 11.1 Å². The summed E-state index contributed by atoms with van der Waals surface area (Å²) in [6.45, 7) is 0.0463. The van der Waals surface area contributed by atoms with Crippen molar-refractivity contribution in [1.29, 1.82) is 0 Å². The predicted molar refractivity (Wildman–Crippen MR) is 113 cm³/mol. The van der Waals surface area contributed by atoms with Crippen molar-refractivity contribution in [3.8, 4) is 0 Å². The zero-order valence-corrected chi connectivity index (χ0v) is 16.8. The number of hydrogen-bond acceptors (Lipinski definition) is 5. The Hall–Kier alpha value is -3.13. The average Bonchev–Trinajstić information content (AvgIpc) is 2.70. The summed E-state index contributed by atoms with van der Waals surface area (Å²) < 4.78 is 3.06. The van der Waals surface area contributed by atoms with E-state index < -0.39 is 17.0 Å². The Balaban J connectivity index is 1.93. The summed E-state index contributed by atoms with van der Waals surface area (Å²) in [5.41, 5.74) is 6.19. The van der Waals surface area contributed by atoms with Gasteiger partial charge in [0.1, 0.15) is 11.4 Å². The minimum Gasteiger partial charge on any atom is -0.384 e. The molecule has 3 aromatic rings. The summed E-state index contributed by atoms with van der Waals surface area (Å²) in [4.78, 5) is 37.8. The second kappa shape index (κ2) is 8.26. The topological polar surface area (TPSA) is 99.1 Å². The zero-order chi connectivity index (χ0) is 20.3. The number of nitrogen functional groups attached to an aromatic ring is 1. The van der Waals surface area contributed by atoms with Gasteiger partial charge in [0.2, 0.25) is 0 Å². The number of nitrogens with zero attached hydrogens (tertiary/aromatic N) is 2. The van der Waals surface area contributed by atoms with Gasteiger partial charge >= 0.3 is 5.69 Å². The fraction of sp³-hybridized carbons (Fsp3) is 0.150. The summed E-state index contributed by atoms with van der Waals surface area (Å²) >= 11 is 3.34. The van der Waals surface area contributed by atoms with Crippen LogP contribution in [0.25, 0.3) is 0 Å². The first kappa shape index (κ1) is 19.6. The van der Waals surface area contributed by atoms with Crippen LogP contribution in [0.5, 0.6) is 0 Å². The summed E-state index contributed by atoms with van der Waals surface area (Å²) in [6.07, 6.45) is 0. The Morgan fingerprint density at radius 1 is 1.07 bits per heavy atom. The number of aromatic nitrogens is 2. The van der Waals surface area contributed by atoms with E-state index in [1.807, 2.05) is 42.5 Å². The van der Waals surface area contributed by atoms with E-state index in [4.69, 9.17) is 5.73 Å². The van der Waals surface area contributed by atoms with Crippen LogP contribution >= 0.6 is 15.9 Å². The third kappa shape index (κ3) is 4.07. The molecule has 0 radical (unpaired) electrons. The highest BCUT2D eigenvalue weighted by molar-refractivity contribution is 9.10. The van der Waals surface area contributed by atoms with Gasteiger partial charge in [0.05, 0.1) is 13.1 Å². The maximum Gasteiger partial charge on any atom is 0.332 e. The van der Waals surface area contributed by atoms with E-state index in [2.05, 4.69) is 21.2 Å². The highest BCUT2D eigenvalue weighted by Crippen LogP contribution is 2.15. The van der Waals surface area contributed by atoms with Crippen LogP contribution in [0.15, 0.2) is 68.7 Å². The SMILES string of the molecule is Cn1c(=O)c(C(=O)CNc2ccc(Br)cc2)c(N)n(Cc2ccccc2)c1=O. The van der Waals surface area contributed by atoms with Gasteiger partial charge in [0.25, 0.3) is 5.56 Å². The van der Waals surface area contributed by atoms with Crippen molar-refractivity contribution in [3.05, 3.63) is 91.0 Å². The molecule has 0 saturated carbocycles. The van der Waals surface area contributed by atoms with Crippen LogP contribution in [0.2, 0.25) is 0 Å². The minimum atomic E-state index is -0.700. The molecule has 0 aliphatic rings. The van der Waals surface area contributed by atoms with Crippen molar-refractivity contribution >= 4 is 33.2 Å². The van der Waals surface area contributed by atoms with Crippen LogP contribution in [0.1, 0.15) is 15.9 Å². The molecule has 7 nitrogen and oxygen atoms in total. The molecule has 1 heterocycles. The molecule has 1 aromatic heterocycles. The maximum atomic E-state index is 12.7. The lowest BCUT2D eigenvalue weighted by Gasteiger charge is -2.15. The molecule has 0 unspecified atom stereocenters. The highest BCUT2D eigenvalue weighted by Gasteiger charge is 2.21. The zero-order valence-electron chi connectivity index (χ0n) is 15.2. The quantitative estimate of drug-likeness (QED) is 0.570. The van der Waals surface area contributed by atoms with E-state index >= 15 is 0 Å². The Labute approximate surface area is 169 Å². The summed E-state index contributed by atoms with van der Waals surface area (Å²) in [7, 11) is 1.34. The Morgan fingerprint density at radius 3 is 2.36 bits per heavy atom. The van der Waals surface area contributed by atoms with Gasteiger partial charge in [-0.2, -0.15) is 0 Å². The third-order valence-corrected chi connectivity index (χ3v) is 4.87. The van der Waals surface area contributed by atoms with Gasteiger partial charge in [-0.25, -0.2) is 4.79 Å². The summed E-state index contributed by atoms with van der Waals surface area (Å²) in [6, 6.07) is 16.5. The maximum absolute atomic E-state index is 12.7. The van der Waals surface area contributed by atoms with Gasteiger partial charge in [-0.05, 0) is 29.8 Å². The molecular formula is C20H19BrN4O3. The number of halogens is 1. The third-order valence-electron chi connectivity index (χ3n) is 4.34. The van der Waals surface area contributed by atoms with Gasteiger partial charge in [-0.1, -0.05) is 46.3 Å². The molecule has 0 fully saturated rings. The Kier molecular flexibility index (Phi) is 5.79. The normalized spacial score (nSPS) is 10.6. The lowest BCUT2D eigenvalue weighted by Crippen LogP contribution is -2.43. The number of Topliss-reactive ketones (excluding diaryl/α,β-unsaturated/α-hetero) is 1. The molecular weight excluding hydrogens is 424 g/mol. The molecule has 0 saturated heterocycles. The van der Waals surface area contributed by atoms with E-state index in [0.29, 0.717) is 0 Å². The first-order chi connectivity index (χ1) is 13.4. The number of carbonyl (C=O) groups excluding carboxylic acids is 1. The fourth-order valence-electron chi connectivity index (χ4n) is 2.80. The summed E-state index contributed by atoms with van der Waals surface area (Å²) in [5, 5.41) is 2.97. The number of hydrogen-bond donors (Lipinski definition) is 2. The number of rotatable bonds is 6. The number of carbonyl (C=O) groups is 1. The number of ketones is 1. The molecule has 0 atom stereocenters. The molecule has 2 aromatic carbocycles. The smallest absolute Gasteiger partial charge is 0.332 e. The fourth-order valence-corrected chi connectivity index (χ4v) is 3.07.